The van der Waals surface area contributed by atoms with Crippen molar-refractivity contribution >= 4 is 28.1 Å². The number of aromatic nitrogens is 1. The summed E-state index contributed by atoms with van der Waals surface area (Å²) in [5.74, 6) is 0.630. The lowest BCUT2D eigenvalue weighted by atomic mass is 9.84. The average Bonchev–Trinajstić information content (AvgIpc) is 3.43. The number of thiophene rings is 1. The highest BCUT2D eigenvalue weighted by atomic mass is 32.1. The largest absolute Gasteiger partial charge is 0.337 e. The van der Waals surface area contributed by atoms with Gasteiger partial charge >= 0.3 is 0 Å². The molecule has 3 heterocycles. The lowest BCUT2D eigenvalue weighted by Gasteiger charge is -2.40. The molecule has 0 spiro atoms. The molecule has 1 saturated heterocycles. The van der Waals surface area contributed by atoms with Gasteiger partial charge in [-0.1, -0.05) is 54.6 Å². The van der Waals surface area contributed by atoms with Gasteiger partial charge in [-0.3, -0.25) is 14.7 Å². The molecule has 1 fully saturated rings. The lowest BCUT2D eigenvalue weighted by molar-refractivity contribution is 0.0589. The van der Waals surface area contributed by atoms with Gasteiger partial charge in [0, 0.05) is 31.2 Å². The number of carbonyl (C=O) groups excluding carboxylic acids is 1. The predicted molar refractivity (Wildman–Crippen MR) is 140 cm³/mol. The molecule has 4 aromatic rings. The number of hydrogen-bond acceptors (Lipinski definition) is 4. The number of hydrogen-bond donors (Lipinski definition) is 0. The Labute approximate surface area is 205 Å². The van der Waals surface area contributed by atoms with Gasteiger partial charge in [-0.05, 0) is 73.0 Å². The number of rotatable bonds is 7. The SMILES string of the molecule is CN(C(=O)c1cccs1)[C@@H](Cc1ccccc1)C1CCN(Cc2ccc3cccnc3c2)CC1. The van der Waals surface area contributed by atoms with Crippen molar-refractivity contribution in [2.75, 3.05) is 20.1 Å². The lowest BCUT2D eigenvalue weighted by Crippen LogP contribution is -2.47. The van der Waals surface area contributed by atoms with Crippen molar-refractivity contribution < 1.29 is 4.79 Å². The van der Waals surface area contributed by atoms with Gasteiger partial charge in [0.25, 0.3) is 5.91 Å². The van der Waals surface area contributed by atoms with Gasteiger partial charge in [0.2, 0.25) is 0 Å². The van der Waals surface area contributed by atoms with Crippen LogP contribution in [0.15, 0.2) is 84.4 Å². The molecule has 0 N–H and O–H groups in total. The first kappa shape index (κ1) is 22.8. The quantitative estimate of drug-likeness (QED) is 0.339. The highest BCUT2D eigenvalue weighted by Crippen LogP contribution is 2.29. The van der Waals surface area contributed by atoms with Gasteiger partial charge in [-0.2, -0.15) is 0 Å². The van der Waals surface area contributed by atoms with Crippen molar-refractivity contribution in [3.63, 3.8) is 0 Å². The maximum Gasteiger partial charge on any atom is 0.263 e. The number of fused-ring (bicyclic) bond motifs is 1. The molecule has 1 amide bonds. The fraction of sp³-hybridized carbons (Fsp3) is 0.310. The van der Waals surface area contributed by atoms with E-state index in [1.807, 2.05) is 41.7 Å². The second-order valence-corrected chi connectivity index (χ2v) is 10.2. The number of likely N-dealkylation sites (N-methyl/N-ethyl adjacent to an activating group) is 1. The summed E-state index contributed by atoms with van der Waals surface area (Å²) in [7, 11) is 1.99. The van der Waals surface area contributed by atoms with Crippen molar-refractivity contribution in [1.82, 2.24) is 14.8 Å². The minimum atomic E-state index is 0.141. The molecule has 174 valence electrons. The number of pyridine rings is 1. The molecule has 0 bridgehead atoms. The molecule has 1 aliphatic heterocycles. The van der Waals surface area contributed by atoms with Gasteiger partial charge in [-0.25, -0.2) is 0 Å². The van der Waals surface area contributed by atoms with Gasteiger partial charge in [-0.15, -0.1) is 11.3 Å². The van der Waals surface area contributed by atoms with Crippen LogP contribution in [-0.2, 0) is 13.0 Å². The molecule has 0 radical (unpaired) electrons. The maximum atomic E-state index is 13.2. The van der Waals surface area contributed by atoms with Crippen LogP contribution in [-0.4, -0.2) is 46.9 Å². The molecule has 0 saturated carbocycles. The van der Waals surface area contributed by atoms with Crippen LogP contribution in [0.2, 0.25) is 0 Å². The van der Waals surface area contributed by atoms with Crippen molar-refractivity contribution in [2.24, 2.45) is 5.92 Å². The first-order valence-corrected chi connectivity index (χ1v) is 13.0. The number of benzene rings is 2. The average molecular weight is 470 g/mol. The first-order valence-electron chi connectivity index (χ1n) is 12.1. The van der Waals surface area contributed by atoms with E-state index in [0.29, 0.717) is 5.92 Å². The standard InChI is InChI=1S/C29H31N3OS/c1-31(29(33)28-10-6-18-34-28)27(20-22-7-3-2-4-8-22)25-13-16-32(17-14-25)21-23-11-12-24-9-5-15-30-26(24)19-23/h2-12,15,18-19,25,27H,13-14,16-17,20-21H2,1H3/t27-/m0/s1. The zero-order valence-corrected chi connectivity index (χ0v) is 20.5. The summed E-state index contributed by atoms with van der Waals surface area (Å²) < 4.78 is 0. The predicted octanol–water partition coefficient (Wildman–Crippen LogP) is 5.89. The monoisotopic (exact) mass is 469 g/mol. The van der Waals surface area contributed by atoms with Crippen molar-refractivity contribution in [1.29, 1.82) is 0 Å². The Hall–Kier alpha value is -3.02. The molecule has 1 atom stereocenters. The highest BCUT2D eigenvalue weighted by Gasteiger charge is 2.32. The Morgan fingerprint density at radius 3 is 2.62 bits per heavy atom. The van der Waals surface area contributed by atoms with E-state index in [1.54, 1.807) is 0 Å². The minimum Gasteiger partial charge on any atom is -0.337 e. The number of nitrogens with zero attached hydrogens (tertiary/aromatic N) is 3. The van der Waals surface area contributed by atoms with Crippen LogP contribution in [0, 0.1) is 5.92 Å². The zero-order chi connectivity index (χ0) is 23.3. The summed E-state index contributed by atoms with van der Waals surface area (Å²) in [6.45, 7) is 3.06. The molecular weight excluding hydrogens is 438 g/mol. The van der Waals surface area contributed by atoms with Gasteiger partial charge < -0.3 is 4.90 Å². The fourth-order valence-electron chi connectivity index (χ4n) is 5.16. The molecule has 4 nitrogen and oxygen atoms in total. The van der Waals surface area contributed by atoms with Crippen molar-refractivity contribution in [3.8, 4) is 0 Å². The van der Waals surface area contributed by atoms with Crippen molar-refractivity contribution in [2.45, 2.75) is 31.8 Å². The Morgan fingerprint density at radius 1 is 1.03 bits per heavy atom. The van der Waals surface area contributed by atoms with E-state index >= 15 is 0 Å². The van der Waals surface area contributed by atoms with Crippen LogP contribution in [0.3, 0.4) is 0 Å². The minimum absolute atomic E-state index is 0.141. The fourth-order valence-corrected chi connectivity index (χ4v) is 5.87. The molecule has 2 aromatic carbocycles. The molecule has 1 aliphatic rings. The Bertz CT molecular complexity index is 1220. The van der Waals surface area contributed by atoms with Crippen LogP contribution < -0.4 is 0 Å². The summed E-state index contributed by atoms with van der Waals surface area (Å²) in [6.07, 6.45) is 4.96. The smallest absolute Gasteiger partial charge is 0.263 e. The summed E-state index contributed by atoms with van der Waals surface area (Å²) in [5.41, 5.74) is 3.67. The molecule has 5 rings (SSSR count). The molecule has 0 unspecified atom stereocenters. The van der Waals surface area contributed by atoms with E-state index in [-0.39, 0.29) is 11.9 Å². The van der Waals surface area contributed by atoms with Gasteiger partial charge in [0.15, 0.2) is 0 Å². The third-order valence-corrected chi connectivity index (χ3v) is 7.95. The van der Waals surface area contributed by atoms with E-state index in [2.05, 4.69) is 64.5 Å². The molecular formula is C29H31N3OS. The number of likely N-dealkylation sites (tertiary alicyclic amines) is 1. The number of amides is 1. The van der Waals surface area contributed by atoms with E-state index in [9.17, 15) is 4.79 Å². The molecule has 2 aromatic heterocycles. The second kappa shape index (κ2) is 10.5. The topological polar surface area (TPSA) is 36.4 Å². The van der Waals surface area contributed by atoms with E-state index in [0.717, 1.165) is 49.3 Å². The zero-order valence-electron chi connectivity index (χ0n) is 19.6. The van der Waals surface area contributed by atoms with Crippen LogP contribution in [0.25, 0.3) is 10.9 Å². The second-order valence-electron chi connectivity index (χ2n) is 9.29. The van der Waals surface area contributed by atoms with Crippen LogP contribution in [0.4, 0.5) is 0 Å². The Balaban J connectivity index is 1.27. The van der Waals surface area contributed by atoms with Crippen LogP contribution >= 0.6 is 11.3 Å². The number of carbonyl (C=O) groups is 1. The molecule has 0 aliphatic carbocycles. The van der Waals surface area contributed by atoms with Crippen molar-refractivity contribution in [3.05, 3.63) is 100 Å². The highest BCUT2D eigenvalue weighted by molar-refractivity contribution is 7.12. The summed E-state index contributed by atoms with van der Waals surface area (Å²) in [5, 5.41) is 3.17. The first-order chi connectivity index (χ1) is 16.7. The van der Waals surface area contributed by atoms with Gasteiger partial charge in [0.05, 0.1) is 10.4 Å². The maximum absolute atomic E-state index is 13.2. The van der Waals surface area contributed by atoms with Gasteiger partial charge in [0.1, 0.15) is 0 Å². The summed E-state index contributed by atoms with van der Waals surface area (Å²) in [6, 6.07) is 25.4. The third-order valence-electron chi connectivity index (χ3n) is 7.09. The van der Waals surface area contributed by atoms with E-state index < -0.39 is 0 Å². The Morgan fingerprint density at radius 2 is 1.85 bits per heavy atom. The van der Waals surface area contributed by atoms with Crippen LogP contribution in [0.5, 0.6) is 0 Å². The van der Waals surface area contributed by atoms with E-state index in [1.165, 1.54) is 27.8 Å². The summed E-state index contributed by atoms with van der Waals surface area (Å²) in [4.78, 5) is 23.1. The third kappa shape index (κ3) is 5.21. The van der Waals surface area contributed by atoms with Crippen LogP contribution in [0.1, 0.15) is 33.6 Å². The molecule has 34 heavy (non-hydrogen) atoms. The summed E-state index contributed by atoms with van der Waals surface area (Å²) >= 11 is 1.53. The molecule has 5 heteroatoms. The Kier molecular flexibility index (Phi) is 7.02. The van der Waals surface area contributed by atoms with E-state index in [4.69, 9.17) is 0 Å². The normalized spacial score (nSPS) is 15.9. The number of piperidine rings is 1.